The van der Waals surface area contributed by atoms with Crippen LogP contribution in [0.5, 0.6) is 0 Å². The molecule has 1 aliphatic rings. The van der Waals surface area contributed by atoms with Crippen LogP contribution in [-0.4, -0.2) is 28.9 Å². The second kappa shape index (κ2) is 6.02. The van der Waals surface area contributed by atoms with Crippen LogP contribution < -0.4 is 5.56 Å². The Labute approximate surface area is 129 Å². The van der Waals surface area contributed by atoms with Gasteiger partial charge >= 0.3 is 0 Å². The molecule has 1 aromatic carbocycles. The lowest BCUT2D eigenvalue weighted by atomic mass is 9.98. The van der Waals surface area contributed by atoms with Gasteiger partial charge in [0.2, 0.25) is 0 Å². The summed E-state index contributed by atoms with van der Waals surface area (Å²) in [6.45, 7) is 3.24. The van der Waals surface area contributed by atoms with Crippen LogP contribution >= 0.6 is 0 Å². The first kappa shape index (κ1) is 14.3. The molecular weight excluding hydrogens is 276 g/mol. The minimum absolute atomic E-state index is 0.203. The van der Waals surface area contributed by atoms with Gasteiger partial charge in [-0.1, -0.05) is 35.9 Å². The number of H-pyrrole nitrogens is 1. The van der Waals surface area contributed by atoms with E-state index in [4.69, 9.17) is 0 Å². The van der Waals surface area contributed by atoms with Crippen molar-refractivity contribution in [3.05, 3.63) is 75.7 Å². The first-order valence-electron chi connectivity index (χ1n) is 7.38. The van der Waals surface area contributed by atoms with E-state index in [9.17, 15) is 9.59 Å². The third-order valence-corrected chi connectivity index (χ3v) is 3.97. The third-order valence-electron chi connectivity index (χ3n) is 3.97. The van der Waals surface area contributed by atoms with E-state index in [2.05, 4.69) is 42.2 Å². The molecule has 0 unspecified atom stereocenters. The van der Waals surface area contributed by atoms with E-state index < -0.39 is 0 Å². The van der Waals surface area contributed by atoms with Gasteiger partial charge in [-0.3, -0.25) is 9.59 Å². The smallest absolute Gasteiger partial charge is 0.260 e. The largest absolute Gasteiger partial charge is 0.334 e. The Kier molecular flexibility index (Phi) is 3.92. The summed E-state index contributed by atoms with van der Waals surface area (Å²) in [6.07, 6.45) is 4.41. The number of carbonyl (C=O) groups excluding carboxylic acids is 1. The van der Waals surface area contributed by atoms with Crippen LogP contribution in [0.15, 0.2) is 53.5 Å². The summed E-state index contributed by atoms with van der Waals surface area (Å²) in [5, 5.41) is 0. The Morgan fingerprint density at radius 2 is 1.95 bits per heavy atom. The highest BCUT2D eigenvalue weighted by Gasteiger charge is 2.21. The van der Waals surface area contributed by atoms with Gasteiger partial charge in [-0.05, 0) is 36.6 Å². The Morgan fingerprint density at radius 3 is 2.59 bits per heavy atom. The summed E-state index contributed by atoms with van der Waals surface area (Å²) >= 11 is 0. The maximum atomic E-state index is 12.4. The van der Waals surface area contributed by atoms with Crippen LogP contribution in [-0.2, 0) is 0 Å². The second-order valence-electron chi connectivity index (χ2n) is 5.51. The number of hydrogen-bond acceptors (Lipinski definition) is 2. The molecule has 22 heavy (non-hydrogen) atoms. The first-order valence-corrected chi connectivity index (χ1v) is 7.38. The van der Waals surface area contributed by atoms with Crippen molar-refractivity contribution in [2.45, 2.75) is 13.3 Å². The fourth-order valence-electron chi connectivity index (χ4n) is 2.64. The number of rotatable bonds is 2. The summed E-state index contributed by atoms with van der Waals surface area (Å²) in [5.41, 5.74) is 3.57. The van der Waals surface area contributed by atoms with Gasteiger partial charge in [0.1, 0.15) is 5.56 Å². The van der Waals surface area contributed by atoms with Crippen LogP contribution in [0.1, 0.15) is 27.9 Å². The Bertz CT molecular complexity index is 772. The lowest BCUT2D eigenvalue weighted by molar-refractivity contribution is 0.0771. The van der Waals surface area contributed by atoms with Crippen LogP contribution in [0.2, 0.25) is 0 Å². The number of aromatic nitrogens is 1. The molecule has 0 saturated carbocycles. The van der Waals surface area contributed by atoms with Gasteiger partial charge in [-0.2, -0.15) is 0 Å². The number of pyridine rings is 1. The normalized spacial score (nSPS) is 14.6. The topological polar surface area (TPSA) is 53.2 Å². The van der Waals surface area contributed by atoms with Crippen molar-refractivity contribution in [1.29, 1.82) is 0 Å². The predicted octanol–water partition coefficient (Wildman–Crippen LogP) is 2.61. The molecule has 0 bridgehead atoms. The highest BCUT2D eigenvalue weighted by Crippen LogP contribution is 2.23. The van der Waals surface area contributed by atoms with Crippen molar-refractivity contribution in [3.63, 3.8) is 0 Å². The van der Waals surface area contributed by atoms with E-state index in [1.54, 1.807) is 17.0 Å². The number of aromatic amines is 1. The number of nitrogens with zero attached hydrogens (tertiary/aromatic N) is 1. The van der Waals surface area contributed by atoms with Crippen molar-refractivity contribution >= 4 is 11.5 Å². The molecule has 0 radical (unpaired) electrons. The molecule has 1 aromatic heterocycles. The van der Waals surface area contributed by atoms with Gasteiger partial charge in [0.05, 0.1) is 0 Å². The molecule has 0 saturated heterocycles. The molecule has 2 aromatic rings. The zero-order valence-corrected chi connectivity index (χ0v) is 12.5. The maximum Gasteiger partial charge on any atom is 0.260 e. The zero-order chi connectivity index (χ0) is 15.5. The van der Waals surface area contributed by atoms with E-state index in [1.807, 2.05) is 0 Å². The summed E-state index contributed by atoms with van der Waals surface area (Å²) in [7, 11) is 0. The lowest BCUT2D eigenvalue weighted by Gasteiger charge is -2.26. The number of aryl methyl sites for hydroxylation is 1. The van der Waals surface area contributed by atoms with Crippen LogP contribution in [0, 0.1) is 6.92 Å². The molecule has 0 atom stereocenters. The molecule has 1 N–H and O–H groups in total. The first-order chi connectivity index (χ1) is 10.6. The van der Waals surface area contributed by atoms with E-state index in [0.717, 1.165) is 6.42 Å². The van der Waals surface area contributed by atoms with Crippen molar-refractivity contribution in [2.75, 3.05) is 13.1 Å². The molecule has 112 valence electrons. The Morgan fingerprint density at radius 1 is 1.18 bits per heavy atom. The molecule has 2 heterocycles. The molecule has 1 aliphatic heterocycles. The molecule has 4 heteroatoms. The van der Waals surface area contributed by atoms with E-state index in [1.165, 1.54) is 22.9 Å². The summed E-state index contributed by atoms with van der Waals surface area (Å²) in [5.74, 6) is -0.207. The average molecular weight is 294 g/mol. The Hall–Kier alpha value is -2.62. The molecule has 1 amide bonds. The third kappa shape index (κ3) is 2.86. The predicted molar refractivity (Wildman–Crippen MR) is 86.7 cm³/mol. The van der Waals surface area contributed by atoms with Gasteiger partial charge in [-0.25, -0.2) is 0 Å². The second-order valence-corrected chi connectivity index (χ2v) is 5.51. The fraction of sp³-hybridized carbons (Fsp3) is 0.222. The van der Waals surface area contributed by atoms with Gasteiger partial charge < -0.3 is 9.88 Å². The van der Waals surface area contributed by atoms with Gasteiger partial charge in [0.15, 0.2) is 0 Å². The fourth-order valence-corrected chi connectivity index (χ4v) is 2.64. The maximum absolute atomic E-state index is 12.4. The molecular formula is C18H18N2O2. The van der Waals surface area contributed by atoms with E-state index in [0.29, 0.717) is 13.1 Å². The zero-order valence-electron chi connectivity index (χ0n) is 12.5. The highest BCUT2D eigenvalue weighted by molar-refractivity contribution is 5.94. The van der Waals surface area contributed by atoms with Gasteiger partial charge in [0, 0.05) is 19.3 Å². The van der Waals surface area contributed by atoms with Crippen LogP contribution in [0.25, 0.3) is 5.57 Å². The molecule has 4 nitrogen and oxygen atoms in total. The van der Waals surface area contributed by atoms with Crippen molar-refractivity contribution in [1.82, 2.24) is 9.88 Å². The van der Waals surface area contributed by atoms with Gasteiger partial charge in [-0.15, -0.1) is 0 Å². The van der Waals surface area contributed by atoms with Crippen molar-refractivity contribution in [2.24, 2.45) is 0 Å². The Balaban J connectivity index is 1.76. The number of carbonyl (C=O) groups is 1. The summed E-state index contributed by atoms with van der Waals surface area (Å²) in [6, 6.07) is 11.7. The molecule has 0 spiro atoms. The van der Waals surface area contributed by atoms with Crippen LogP contribution in [0.4, 0.5) is 0 Å². The van der Waals surface area contributed by atoms with E-state index >= 15 is 0 Å². The summed E-state index contributed by atoms with van der Waals surface area (Å²) in [4.78, 5) is 28.3. The molecule has 0 aliphatic carbocycles. The number of benzene rings is 1. The lowest BCUT2D eigenvalue weighted by Crippen LogP contribution is -2.37. The number of amides is 1. The van der Waals surface area contributed by atoms with Crippen molar-refractivity contribution in [3.8, 4) is 0 Å². The van der Waals surface area contributed by atoms with E-state index in [-0.39, 0.29) is 17.0 Å². The number of hydrogen-bond donors (Lipinski definition) is 1. The van der Waals surface area contributed by atoms with Crippen molar-refractivity contribution < 1.29 is 4.79 Å². The summed E-state index contributed by atoms with van der Waals surface area (Å²) < 4.78 is 0. The number of nitrogens with one attached hydrogen (secondary N) is 1. The van der Waals surface area contributed by atoms with Crippen LogP contribution in [0.3, 0.4) is 0 Å². The molecule has 0 fully saturated rings. The minimum atomic E-state index is -0.333. The monoisotopic (exact) mass is 294 g/mol. The standard InChI is InChI=1S/C18H18N2O2/c1-13-4-6-14(7-5-13)15-8-11-20(12-9-15)18(22)16-3-2-10-19-17(16)21/h2-8,10H,9,11-12H2,1H3,(H,19,21). The molecule has 3 rings (SSSR count). The average Bonchev–Trinajstić information content (AvgIpc) is 2.56. The quantitative estimate of drug-likeness (QED) is 0.925. The highest BCUT2D eigenvalue weighted by atomic mass is 16.2. The minimum Gasteiger partial charge on any atom is -0.334 e. The SMILES string of the molecule is Cc1ccc(C2=CCN(C(=O)c3ccc[nH]c3=O)CC2)cc1. The van der Waals surface area contributed by atoms with Gasteiger partial charge in [0.25, 0.3) is 11.5 Å².